The second kappa shape index (κ2) is 12.9. The minimum atomic E-state index is -0.836. The third-order valence-electron chi connectivity index (χ3n) is 6.06. The first-order valence-electron chi connectivity index (χ1n) is 12.8. The number of pyridine rings is 1. The molecule has 2 heterocycles. The summed E-state index contributed by atoms with van der Waals surface area (Å²) < 4.78 is 31.6. The topological polar surface area (TPSA) is 129 Å². The number of carbonyl (C=O) groups is 1. The molecule has 0 aliphatic carbocycles. The maximum atomic E-state index is 13.5. The number of allylic oxidation sites excluding steroid dienone is 1. The Morgan fingerprint density at radius 3 is 2.43 bits per heavy atom. The van der Waals surface area contributed by atoms with Gasteiger partial charge in [0, 0.05) is 35.5 Å². The number of aromatic nitrogens is 3. The molecule has 1 N–H and O–H groups in total. The zero-order valence-electron chi connectivity index (χ0n) is 23.7. The molecule has 2 aromatic carbocycles. The van der Waals surface area contributed by atoms with Crippen molar-refractivity contribution in [3.05, 3.63) is 88.6 Å². The maximum absolute atomic E-state index is 13.5. The van der Waals surface area contributed by atoms with E-state index in [1.54, 1.807) is 31.3 Å². The lowest BCUT2D eigenvalue weighted by atomic mass is 10.1. The molecule has 2 aromatic heterocycles. The Hall–Kier alpha value is -5.39. The van der Waals surface area contributed by atoms with Crippen molar-refractivity contribution in [2.75, 3.05) is 14.2 Å². The Kier molecular flexibility index (Phi) is 9.05. The van der Waals surface area contributed by atoms with Crippen LogP contribution in [0.2, 0.25) is 0 Å². The van der Waals surface area contributed by atoms with Crippen molar-refractivity contribution in [3.63, 3.8) is 0 Å². The summed E-state index contributed by atoms with van der Waals surface area (Å²) in [6, 6.07) is 10.4. The van der Waals surface area contributed by atoms with Gasteiger partial charge in [-0.1, -0.05) is 12.1 Å². The number of halogens is 1. The first kappa shape index (κ1) is 29.6. The van der Waals surface area contributed by atoms with Gasteiger partial charge in [-0.2, -0.15) is 5.10 Å². The number of guanidine groups is 1. The molecule has 0 fully saturated rings. The molecule has 216 valence electrons. The number of aliphatic imine (C=N–C) groups is 2. The Labute approximate surface area is 241 Å². The monoisotopic (exact) mass is 572 g/mol. The summed E-state index contributed by atoms with van der Waals surface area (Å²) in [7, 11) is 3.07. The van der Waals surface area contributed by atoms with E-state index < -0.39 is 17.2 Å². The fourth-order valence-electron chi connectivity index (χ4n) is 3.92. The van der Waals surface area contributed by atoms with Crippen LogP contribution in [0.5, 0.6) is 17.2 Å². The SMILES string of the molecule is C=NC(=N/C=C(\C)Oc1ccnc2cc(OC)c(OC)cc12)NC(=O)c1nn(C(C)C)cc(-c2ccc(F)cc2)c1=O. The van der Waals surface area contributed by atoms with Gasteiger partial charge in [0.2, 0.25) is 11.4 Å². The lowest BCUT2D eigenvalue weighted by molar-refractivity contribution is 0.0968. The van der Waals surface area contributed by atoms with Gasteiger partial charge in [-0.05, 0) is 57.3 Å². The summed E-state index contributed by atoms with van der Waals surface area (Å²) in [5.41, 5.74) is 0.248. The average molecular weight is 573 g/mol. The normalized spacial score (nSPS) is 11.9. The molecule has 11 nitrogen and oxygen atoms in total. The summed E-state index contributed by atoms with van der Waals surface area (Å²) in [5.74, 6) is 0.413. The van der Waals surface area contributed by atoms with Crippen molar-refractivity contribution in [3.8, 4) is 28.4 Å². The van der Waals surface area contributed by atoms with E-state index in [9.17, 15) is 14.0 Å². The largest absolute Gasteiger partial charge is 0.493 e. The molecular formula is C30H29FN6O5. The second-order valence-electron chi connectivity index (χ2n) is 9.24. The number of nitrogens with zero attached hydrogens (tertiary/aromatic N) is 5. The molecule has 0 aliphatic rings. The lowest BCUT2D eigenvalue weighted by Crippen LogP contribution is -2.35. The standard InChI is InChI=1S/C30H29FN6O5/c1-17(2)37-16-22(19-7-9-20(31)10-8-19)28(38)27(36-37)29(39)35-30(32-4)34-15-18(3)42-24-11-12-33-23-14-26(41-6)25(40-5)13-21(23)24/h7-17H,4H2,1-3,5-6H3,(H,34,35,39)/b18-15+. The highest BCUT2D eigenvalue weighted by molar-refractivity contribution is 6.06. The van der Waals surface area contributed by atoms with E-state index in [0.29, 0.717) is 39.5 Å². The highest BCUT2D eigenvalue weighted by Crippen LogP contribution is 2.35. The fraction of sp³-hybridized carbons (Fsp3) is 0.200. The number of nitrogens with one attached hydrogen (secondary N) is 1. The van der Waals surface area contributed by atoms with Gasteiger partial charge in [-0.3, -0.25) is 24.6 Å². The second-order valence-corrected chi connectivity index (χ2v) is 9.24. The van der Waals surface area contributed by atoms with E-state index in [2.05, 4.69) is 32.1 Å². The molecule has 4 rings (SSSR count). The Balaban J connectivity index is 1.60. The maximum Gasteiger partial charge on any atom is 0.282 e. The van der Waals surface area contributed by atoms with Crippen molar-refractivity contribution < 1.29 is 23.4 Å². The van der Waals surface area contributed by atoms with Crippen LogP contribution in [-0.2, 0) is 0 Å². The molecule has 0 spiro atoms. The Morgan fingerprint density at radius 1 is 1.10 bits per heavy atom. The molecule has 42 heavy (non-hydrogen) atoms. The summed E-state index contributed by atoms with van der Waals surface area (Å²) in [6.45, 7) is 8.80. The molecule has 12 heteroatoms. The van der Waals surface area contributed by atoms with Crippen molar-refractivity contribution in [1.29, 1.82) is 0 Å². The Bertz CT molecular complexity index is 1760. The molecule has 4 aromatic rings. The lowest BCUT2D eigenvalue weighted by Gasteiger charge is -2.14. The smallest absolute Gasteiger partial charge is 0.282 e. The quantitative estimate of drug-likeness (QED) is 0.180. The minimum Gasteiger partial charge on any atom is -0.493 e. The third kappa shape index (κ3) is 6.49. The van der Waals surface area contributed by atoms with Crippen LogP contribution in [-0.4, -0.2) is 47.6 Å². The first-order chi connectivity index (χ1) is 20.1. The molecule has 0 unspecified atom stereocenters. The molecule has 0 saturated carbocycles. The van der Waals surface area contributed by atoms with E-state index in [4.69, 9.17) is 14.2 Å². The number of carbonyl (C=O) groups excluding carboxylic acids is 1. The van der Waals surface area contributed by atoms with Crippen molar-refractivity contribution >= 4 is 29.5 Å². The van der Waals surface area contributed by atoms with E-state index >= 15 is 0 Å². The van der Waals surface area contributed by atoms with Crippen LogP contribution in [0.1, 0.15) is 37.3 Å². The molecule has 0 atom stereocenters. The van der Waals surface area contributed by atoms with Crippen LogP contribution in [0, 0.1) is 5.82 Å². The number of methoxy groups -OCH3 is 2. The van der Waals surface area contributed by atoms with Crippen LogP contribution in [0.15, 0.2) is 81.6 Å². The van der Waals surface area contributed by atoms with Gasteiger partial charge < -0.3 is 14.2 Å². The summed E-state index contributed by atoms with van der Waals surface area (Å²) >= 11 is 0. The number of benzene rings is 2. The highest BCUT2D eigenvalue weighted by atomic mass is 19.1. The molecule has 0 bridgehead atoms. The zero-order chi connectivity index (χ0) is 30.4. The van der Waals surface area contributed by atoms with Gasteiger partial charge in [-0.25, -0.2) is 14.4 Å². The summed E-state index contributed by atoms with van der Waals surface area (Å²) in [5, 5.41) is 7.34. The molecule has 0 saturated heterocycles. The fourth-order valence-corrected chi connectivity index (χ4v) is 3.92. The number of hydrogen-bond acceptors (Lipinski definition) is 8. The van der Waals surface area contributed by atoms with E-state index in [1.165, 1.54) is 55.6 Å². The van der Waals surface area contributed by atoms with Gasteiger partial charge in [-0.15, -0.1) is 0 Å². The molecule has 0 aliphatic heterocycles. The predicted octanol–water partition coefficient (Wildman–Crippen LogP) is 4.92. The molecule has 1 amide bonds. The van der Waals surface area contributed by atoms with Crippen LogP contribution in [0.25, 0.3) is 22.0 Å². The van der Waals surface area contributed by atoms with Gasteiger partial charge in [0.25, 0.3) is 5.91 Å². The number of rotatable bonds is 8. The van der Waals surface area contributed by atoms with Gasteiger partial charge in [0.1, 0.15) is 17.3 Å². The number of ether oxygens (including phenoxy) is 3. The van der Waals surface area contributed by atoms with Gasteiger partial charge in [0.05, 0.1) is 25.9 Å². The van der Waals surface area contributed by atoms with Crippen LogP contribution >= 0.6 is 0 Å². The summed E-state index contributed by atoms with van der Waals surface area (Å²) in [6.07, 6.45) is 4.45. The molecular weight excluding hydrogens is 543 g/mol. The van der Waals surface area contributed by atoms with Crippen molar-refractivity contribution in [2.45, 2.75) is 26.8 Å². The predicted molar refractivity (Wildman–Crippen MR) is 158 cm³/mol. The van der Waals surface area contributed by atoms with E-state index in [1.807, 2.05) is 13.8 Å². The minimum absolute atomic E-state index is 0.171. The van der Waals surface area contributed by atoms with E-state index in [-0.39, 0.29) is 23.3 Å². The summed E-state index contributed by atoms with van der Waals surface area (Å²) in [4.78, 5) is 38.6. The van der Waals surface area contributed by atoms with Crippen LogP contribution in [0.3, 0.4) is 0 Å². The first-order valence-corrected chi connectivity index (χ1v) is 12.8. The van der Waals surface area contributed by atoms with Crippen molar-refractivity contribution in [1.82, 2.24) is 20.1 Å². The highest BCUT2D eigenvalue weighted by Gasteiger charge is 2.20. The zero-order valence-corrected chi connectivity index (χ0v) is 23.7. The Morgan fingerprint density at radius 2 is 1.79 bits per heavy atom. The number of hydrogen-bond donors (Lipinski definition) is 1. The van der Waals surface area contributed by atoms with Gasteiger partial charge in [0.15, 0.2) is 17.2 Å². The molecule has 0 radical (unpaired) electrons. The van der Waals surface area contributed by atoms with Crippen LogP contribution in [0.4, 0.5) is 4.39 Å². The number of amides is 1. The number of fused-ring (bicyclic) bond motifs is 1. The van der Waals surface area contributed by atoms with Crippen molar-refractivity contribution in [2.24, 2.45) is 9.98 Å². The third-order valence-corrected chi connectivity index (χ3v) is 6.06. The van der Waals surface area contributed by atoms with Crippen LogP contribution < -0.4 is 25.0 Å². The van der Waals surface area contributed by atoms with Gasteiger partial charge >= 0.3 is 0 Å². The van der Waals surface area contributed by atoms with E-state index in [0.717, 1.165) is 0 Å². The average Bonchev–Trinajstić information content (AvgIpc) is 2.99.